The Kier molecular flexibility index (Phi) is 4.76. The van der Waals surface area contributed by atoms with Crippen molar-refractivity contribution in [1.29, 1.82) is 0 Å². The molecule has 0 radical (unpaired) electrons. The Morgan fingerprint density at radius 1 is 1.20 bits per heavy atom. The van der Waals surface area contributed by atoms with E-state index in [1.54, 1.807) is 30.5 Å². The highest BCUT2D eigenvalue weighted by molar-refractivity contribution is 7.92. The van der Waals surface area contributed by atoms with Crippen LogP contribution in [-0.2, 0) is 10.0 Å². The summed E-state index contributed by atoms with van der Waals surface area (Å²) in [7, 11) is -1.83. The lowest BCUT2D eigenvalue weighted by Crippen LogP contribution is -2.31. The molecule has 0 saturated carbocycles. The third-order valence-corrected chi connectivity index (χ3v) is 5.72. The van der Waals surface area contributed by atoms with Crippen molar-refractivity contribution < 1.29 is 13.2 Å². The molecule has 0 aliphatic carbocycles. The first-order chi connectivity index (χ1) is 11.9. The van der Waals surface area contributed by atoms with Crippen LogP contribution < -0.4 is 4.31 Å². The van der Waals surface area contributed by atoms with Crippen molar-refractivity contribution in [1.82, 2.24) is 9.88 Å². The molecule has 132 valence electrons. The second-order valence-electron chi connectivity index (χ2n) is 6.19. The molecule has 0 spiro atoms. The second kappa shape index (κ2) is 6.84. The Balaban J connectivity index is 1.81. The van der Waals surface area contributed by atoms with Crippen LogP contribution in [0.4, 0.5) is 5.69 Å². The standard InChI is InChI=1S/C18H21N3O3S/c1-20(25(2,23)24)15-10-8-14(9-11-15)18(22)21-13-5-7-17(21)16-6-3-4-12-19-16/h3-4,6,8-12,17H,5,7,13H2,1-2H3/t17-/m1/s1. The molecule has 1 aromatic carbocycles. The number of anilines is 1. The maximum atomic E-state index is 12.9. The fourth-order valence-corrected chi connectivity index (χ4v) is 3.57. The van der Waals surface area contributed by atoms with Crippen LogP contribution in [0.5, 0.6) is 0 Å². The summed E-state index contributed by atoms with van der Waals surface area (Å²) in [5, 5.41) is 0. The molecule has 1 aliphatic rings. The molecule has 0 N–H and O–H groups in total. The van der Waals surface area contributed by atoms with Gasteiger partial charge in [-0.15, -0.1) is 0 Å². The number of hydrogen-bond donors (Lipinski definition) is 0. The zero-order valence-corrected chi connectivity index (χ0v) is 15.1. The number of hydrogen-bond acceptors (Lipinski definition) is 4. The third kappa shape index (κ3) is 3.66. The van der Waals surface area contributed by atoms with Crippen molar-refractivity contribution in [3.05, 3.63) is 59.9 Å². The Bertz CT molecular complexity index is 851. The SMILES string of the molecule is CN(c1ccc(C(=O)N2CCC[C@@H]2c2ccccn2)cc1)S(C)(=O)=O. The summed E-state index contributed by atoms with van der Waals surface area (Å²) < 4.78 is 24.4. The first-order valence-corrected chi connectivity index (χ1v) is 9.98. The van der Waals surface area contributed by atoms with Crippen LogP contribution in [0.25, 0.3) is 0 Å². The normalized spacial score (nSPS) is 17.5. The molecule has 1 fully saturated rings. The first kappa shape index (κ1) is 17.4. The molecule has 1 saturated heterocycles. The molecule has 1 amide bonds. The van der Waals surface area contributed by atoms with Crippen molar-refractivity contribution in [2.45, 2.75) is 18.9 Å². The predicted molar refractivity (Wildman–Crippen MR) is 96.9 cm³/mol. The van der Waals surface area contributed by atoms with Gasteiger partial charge in [0.2, 0.25) is 10.0 Å². The molecule has 3 rings (SSSR count). The molecular formula is C18H21N3O3S. The summed E-state index contributed by atoms with van der Waals surface area (Å²) in [4.78, 5) is 19.1. The Labute approximate surface area is 148 Å². The van der Waals surface area contributed by atoms with E-state index in [2.05, 4.69) is 4.98 Å². The maximum absolute atomic E-state index is 12.9. The molecule has 2 aromatic rings. The summed E-state index contributed by atoms with van der Waals surface area (Å²) in [5.74, 6) is -0.0540. The largest absolute Gasteiger partial charge is 0.330 e. The van der Waals surface area contributed by atoms with Crippen molar-refractivity contribution in [2.24, 2.45) is 0 Å². The highest BCUT2D eigenvalue weighted by Gasteiger charge is 2.31. The number of likely N-dealkylation sites (tertiary alicyclic amines) is 1. The lowest BCUT2D eigenvalue weighted by Gasteiger charge is -2.24. The van der Waals surface area contributed by atoms with Gasteiger partial charge < -0.3 is 4.90 Å². The van der Waals surface area contributed by atoms with Crippen LogP contribution in [0.3, 0.4) is 0 Å². The van der Waals surface area contributed by atoms with E-state index < -0.39 is 10.0 Å². The van der Waals surface area contributed by atoms with E-state index in [0.717, 1.165) is 24.8 Å². The summed E-state index contributed by atoms with van der Waals surface area (Å²) in [6, 6.07) is 12.4. The van der Waals surface area contributed by atoms with Gasteiger partial charge in [0, 0.05) is 25.4 Å². The van der Waals surface area contributed by atoms with Gasteiger partial charge in [0.15, 0.2) is 0 Å². The summed E-state index contributed by atoms with van der Waals surface area (Å²) in [5.41, 5.74) is 1.98. The van der Waals surface area contributed by atoms with Crippen molar-refractivity contribution in [3.63, 3.8) is 0 Å². The first-order valence-electron chi connectivity index (χ1n) is 8.14. The van der Waals surface area contributed by atoms with Gasteiger partial charge in [-0.1, -0.05) is 6.07 Å². The topological polar surface area (TPSA) is 70.6 Å². The monoisotopic (exact) mass is 359 g/mol. The quantitative estimate of drug-likeness (QED) is 0.841. The van der Waals surface area contributed by atoms with Gasteiger partial charge in [0.25, 0.3) is 5.91 Å². The smallest absolute Gasteiger partial charge is 0.254 e. The molecule has 25 heavy (non-hydrogen) atoms. The third-order valence-electron chi connectivity index (χ3n) is 4.52. The lowest BCUT2D eigenvalue weighted by atomic mass is 10.1. The van der Waals surface area contributed by atoms with E-state index in [1.807, 2.05) is 23.1 Å². The Hall–Kier alpha value is -2.41. The number of pyridine rings is 1. The van der Waals surface area contributed by atoms with Gasteiger partial charge in [-0.2, -0.15) is 0 Å². The van der Waals surface area contributed by atoms with Crippen LogP contribution in [0, 0.1) is 0 Å². The average Bonchev–Trinajstić information content (AvgIpc) is 3.10. The number of carbonyl (C=O) groups is 1. The summed E-state index contributed by atoms with van der Waals surface area (Å²) >= 11 is 0. The molecule has 1 aliphatic heterocycles. The number of carbonyl (C=O) groups excluding carboxylic acids is 1. The molecule has 6 nitrogen and oxygen atoms in total. The predicted octanol–water partition coefficient (Wildman–Crippen LogP) is 2.45. The van der Waals surface area contributed by atoms with Gasteiger partial charge in [-0.3, -0.25) is 14.1 Å². The minimum Gasteiger partial charge on any atom is -0.330 e. The van der Waals surface area contributed by atoms with Crippen molar-refractivity contribution in [2.75, 3.05) is 24.2 Å². The number of benzene rings is 1. The minimum atomic E-state index is -3.32. The lowest BCUT2D eigenvalue weighted by molar-refractivity contribution is 0.0733. The zero-order valence-electron chi connectivity index (χ0n) is 14.3. The molecule has 7 heteroatoms. The number of sulfonamides is 1. The van der Waals surface area contributed by atoms with Gasteiger partial charge in [0.05, 0.1) is 23.7 Å². The van der Waals surface area contributed by atoms with Crippen LogP contribution in [0.15, 0.2) is 48.7 Å². The van der Waals surface area contributed by atoms with Crippen LogP contribution >= 0.6 is 0 Å². The minimum absolute atomic E-state index is 0.00734. The van der Waals surface area contributed by atoms with E-state index >= 15 is 0 Å². The van der Waals surface area contributed by atoms with Crippen LogP contribution in [-0.4, -0.2) is 44.1 Å². The van der Waals surface area contributed by atoms with Crippen LogP contribution in [0.1, 0.15) is 34.9 Å². The van der Waals surface area contributed by atoms with Gasteiger partial charge in [-0.25, -0.2) is 8.42 Å². The fourth-order valence-electron chi connectivity index (χ4n) is 3.06. The zero-order chi connectivity index (χ0) is 18.0. The molecule has 0 bridgehead atoms. The number of nitrogens with zero attached hydrogens (tertiary/aromatic N) is 3. The Morgan fingerprint density at radius 3 is 2.52 bits per heavy atom. The number of aromatic nitrogens is 1. The summed E-state index contributed by atoms with van der Waals surface area (Å²) in [6.45, 7) is 0.699. The van der Waals surface area contributed by atoms with Gasteiger partial charge >= 0.3 is 0 Å². The van der Waals surface area contributed by atoms with Gasteiger partial charge in [0.1, 0.15) is 0 Å². The van der Waals surface area contributed by atoms with E-state index in [0.29, 0.717) is 17.8 Å². The van der Waals surface area contributed by atoms with E-state index in [9.17, 15) is 13.2 Å². The molecule has 2 heterocycles. The van der Waals surface area contributed by atoms with Crippen LogP contribution in [0.2, 0.25) is 0 Å². The second-order valence-corrected chi connectivity index (χ2v) is 8.20. The van der Waals surface area contributed by atoms with E-state index in [4.69, 9.17) is 0 Å². The molecule has 0 unspecified atom stereocenters. The van der Waals surface area contributed by atoms with Crippen molar-refractivity contribution in [3.8, 4) is 0 Å². The van der Waals surface area contributed by atoms with Gasteiger partial charge in [-0.05, 0) is 49.2 Å². The molecular weight excluding hydrogens is 338 g/mol. The van der Waals surface area contributed by atoms with Crippen molar-refractivity contribution >= 4 is 21.6 Å². The highest BCUT2D eigenvalue weighted by Crippen LogP contribution is 2.32. The fraction of sp³-hybridized carbons (Fsp3) is 0.333. The maximum Gasteiger partial charge on any atom is 0.254 e. The Morgan fingerprint density at radius 2 is 1.92 bits per heavy atom. The number of rotatable bonds is 4. The molecule has 1 atom stereocenters. The number of amides is 1. The summed E-state index contributed by atoms with van der Waals surface area (Å²) in [6.07, 6.45) is 4.74. The van der Waals surface area contributed by atoms with E-state index in [1.165, 1.54) is 11.4 Å². The molecule has 1 aromatic heterocycles. The average molecular weight is 359 g/mol. The van der Waals surface area contributed by atoms with E-state index in [-0.39, 0.29) is 11.9 Å². The highest BCUT2D eigenvalue weighted by atomic mass is 32.2.